The van der Waals surface area contributed by atoms with Crippen molar-refractivity contribution in [1.29, 1.82) is 0 Å². The maximum absolute atomic E-state index is 12.6. The molecular weight excluding hydrogens is 366 g/mol. The average Bonchev–Trinajstić information content (AvgIpc) is 2.99. The minimum atomic E-state index is -0.327. The molecule has 0 aromatic heterocycles. The highest BCUT2D eigenvalue weighted by Gasteiger charge is 2.34. The molecule has 6 nitrogen and oxygen atoms in total. The molecule has 29 heavy (non-hydrogen) atoms. The Balaban J connectivity index is 1.45. The summed E-state index contributed by atoms with van der Waals surface area (Å²) in [5.41, 5.74) is 3.65. The fourth-order valence-electron chi connectivity index (χ4n) is 3.23. The molecule has 0 atom stereocenters. The predicted molar refractivity (Wildman–Crippen MR) is 111 cm³/mol. The molecule has 1 heterocycles. The number of rotatable bonds is 5. The molecular formula is C23H19N3O3. The van der Waals surface area contributed by atoms with Crippen molar-refractivity contribution >= 4 is 29.1 Å². The standard InChI is InChI=1S/C23H19N3O3/c1-15-7-2-5-12-20(15)25-21(27)16-8-6-9-17(13-16)24-14-26-22(28)18-10-3-4-11-19(18)23(26)29/h2-13,24H,14H2,1H3,(H,25,27). The number of fused-ring (bicyclic) bond motifs is 1. The summed E-state index contributed by atoms with van der Waals surface area (Å²) in [6.07, 6.45) is 0. The summed E-state index contributed by atoms with van der Waals surface area (Å²) in [7, 11) is 0. The van der Waals surface area contributed by atoms with Gasteiger partial charge in [-0.3, -0.25) is 19.3 Å². The summed E-state index contributed by atoms with van der Waals surface area (Å²) < 4.78 is 0. The van der Waals surface area contributed by atoms with Crippen molar-refractivity contribution in [1.82, 2.24) is 4.90 Å². The first kappa shape index (κ1) is 18.4. The highest BCUT2D eigenvalue weighted by Crippen LogP contribution is 2.23. The van der Waals surface area contributed by atoms with Crippen LogP contribution in [-0.4, -0.2) is 29.3 Å². The number of amides is 3. The molecule has 3 aromatic carbocycles. The molecule has 2 N–H and O–H groups in total. The Hall–Kier alpha value is -3.93. The van der Waals surface area contributed by atoms with Gasteiger partial charge in [0.25, 0.3) is 17.7 Å². The number of hydrogen-bond acceptors (Lipinski definition) is 4. The van der Waals surface area contributed by atoms with Crippen molar-refractivity contribution < 1.29 is 14.4 Å². The Morgan fingerprint density at radius 2 is 1.52 bits per heavy atom. The molecule has 4 rings (SSSR count). The fraction of sp³-hybridized carbons (Fsp3) is 0.0870. The molecule has 144 valence electrons. The number of anilines is 2. The maximum atomic E-state index is 12.6. The van der Waals surface area contributed by atoms with E-state index >= 15 is 0 Å². The van der Waals surface area contributed by atoms with Crippen molar-refractivity contribution in [3.63, 3.8) is 0 Å². The molecule has 1 aliphatic rings. The summed E-state index contributed by atoms with van der Waals surface area (Å²) in [4.78, 5) is 38.6. The lowest BCUT2D eigenvalue weighted by molar-refractivity contribution is 0.0665. The van der Waals surface area contributed by atoms with Crippen LogP contribution in [0.1, 0.15) is 36.6 Å². The minimum absolute atomic E-state index is 0.0230. The second-order valence-electron chi connectivity index (χ2n) is 6.77. The van der Waals surface area contributed by atoms with Gasteiger partial charge in [-0.25, -0.2) is 0 Å². The van der Waals surface area contributed by atoms with E-state index in [2.05, 4.69) is 10.6 Å². The van der Waals surface area contributed by atoms with Gasteiger partial charge in [-0.15, -0.1) is 0 Å². The first-order valence-electron chi connectivity index (χ1n) is 9.21. The van der Waals surface area contributed by atoms with E-state index in [-0.39, 0.29) is 24.4 Å². The van der Waals surface area contributed by atoms with Crippen LogP contribution in [0.25, 0.3) is 0 Å². The van der Waals surface area contributed by atoms with E-state index in [4.69, 9.17) is 0 Å². The average molecular weight is 385 g/mol. The van der Waals surface area contributed by atoms with Crippen LogP contribution < -0.4 is 10.6 Å². The van der Waals surface area contributed by atoms with Gasteiger partial charge in [0, 0.05) is 16.9 Å². The van der Waals surface area contributed by atoms with E-state index in [1.807, 2.05) is 31.2 Å². The van der Waals surface area contributed by atoms with Crippen molar-refractivity contribution in [3.8, 4) is 0 Å². The van der Waals surface area contributed by atoms with Crippen LogP contribution in [0.5, 0.6) is 0 Å². The summed E-state index contributed by atoms with van der Waals surface area (Å²) in [6, 6.07) is 21.2. The van der Waals surface area contributed by atoms with Crippen molar-refractivity contribution in [2.24, 2.45) is 0 Å². The van der Waals surface area contributed by atoms with E-state index in [0.29, 0.717) is 22.4 Å². The monoisotopic (exact) mass is 385 g/mol. The lowest BCUT2D eigenvalue weighted by atomic mass is 10.1. The third-order valence-corrected chi connectivity index (χ3v) is 4.84. The second-order valence-corrected chi connectivity index (χ2v) is 6.77. The smallest absolute Gasteiger partial charge is 0.263 e. The SMILES string of the molecule is Cc1ccccc1NC(=O)c1cccc(NCN2C(=O)c3ccccc3C2=O)c1. The largest absolute Gasteiger partial charge is 0.367 e. The maximum Gasteiger partial charge on any atom is 0.263 e. The van der Waals surface area contributed by atoms with Crippen LogP contribution in [0.2, 0.25) is 0 Å². The summed E-state index contributed by atoms with van der Waals surface area (Å²) >= 11 is 0. The number of para-hydroxylation sites is 1. The second kappa shape index (κ2) is 7.59. The van der Waals surface area contributed by atoms with Gasteiger partial charge in [-0.05, 0) is 48.9 Å². The Labute approximate surface area is 168 Å². The summed E-state index contributed by atoms with van der Waals surface area (Å²) in [6.45, 7) is 1.95. The highest BCUT2D eigenvalue weighted by atomic mass is 16.2. The lowest BCUT2D eigenvalue weighted by Crippen LogP contribution is -2.34. The van der Waals surface area contributed by atoms with Crippen LogP contribution in [0.4, 0.5) is 11.4 Å². The number of nitrogens with zero attached hydrogens (tertiary/aromatic N) is 1. The Morgan fingerprint density at radius 3 is 2.21 bits per heavy atom. The number of aryl methyl sites for hydroxylation is 1. The van der Waals surface area contributed by atoms with Gasteiger partial charge in [-0.1, -0.05) is 36.4 Å². The zero-order valence-electron chi connectivity index (χ0n) is 15.8. The van der Waals surface area contributed by atoms with E-state index in [0.717, 1.165) is 16.2 Å². The molecule has 0 spiro atoms. The molecule has 6 heteroatoms. The predicted octanol–water partition coefficient (Wildman–Crippen LogP) is 3.91. The molecule has 0 unspecified atom stereocenters. The molecule has 0 aliphatic carbocycles. The van der Waals surface area contributed by atoms with Gasteiger partial charge in [-0.2, -0.15) is 0 Å². The number of carbonyl (C=O) groups excluding carboxylic acids is 3. The van der Waals surface area contributed by atoms with E-state index in [1.165, 1.54) is 0 Å². The molecule has 3 amide bonds. The molecule has 0 saturated carbocycles. The molecule has 0 radical (unpaired) electrons. The fourth-order valence-corrected chi connectivity index (χ4v) is 3.23. The number of nitrogens with one attached hydrogen (secondary N) is 2. The Bertz CT molecular complexity index is 1090. The van der Waals surface area contributed by atoms with Crippen LogP contribution in [0.15, 0.2) is 72.8 Å². The molecule has 0 bridgehead atoms. The third kappa shape index (κ3) is 3.60. The van der Waals surface area contributed by atoms with Crippen molar-refractivity contribution in [2.45, 2.75) is 6.92 Å². The van der Waals surface area contributed by atoms with Crippen LogP contribution in [0.3, 0.4) is 0 Å². The molecule has 0 saturated heterocycles. The van der Waals surface area contributed by atoms with E-state index in [1.54, 1.807) is 48.5 Å². The Morgan fingerprint density at radius 1 is 0.862 bits per heavy atom. The number of imide groups is 1. The van der Waals surface area contributed by atoms with E-state index in [9.17, 15) is 14.4 Å². The minimum Gasteiger partial charge on any atom is -0.367 e. The molecule has 1 aliphatic heterocycles. The van der Waals surface area contributed by atoms with Gasteiger partial charge in [0.05, 0.1) is 17.8 Å². The number of hydrogen-bond donors (Lipinski definition) is 2. The highest BCUT2D eigenvalue weighted by molar-refractivity contribution is 6.21. The third-order valence-electron chi connectivity index (χ3n) is 4.84. The summed E-state index contributed by atoms with van der Waals surface area (Å²) in [5.74, 6) is -0.887. The normalized spacial score (nSPS) is 12.7. The number of benzene rings is 3. The van der Waals surface area contributed by atoms with E-state index < -0.39 is 0 Å². The Kier molecular flexibility index (Phi) is 4.83. The lowest BCUT2D eigenvalue weighted by Gasteiger charge is -2.16. The zero-order valence-corrected chi connectivity index (χ0v) is 15.8. The quantitative estimate of drug-likeness (QED) is 0.653. The number of carbonyl (C=O) groups is 3. The van der Waals surface area contributed by atoms with Crippen LogP contribution in [-0.2, 0) is 0 Å². The van der Waals surface area contributed by atoms with Gasteiger partial charge in [0.1, 0.15) is 0 Å². The van der Waals surface area contributed by atoms with Crippen molar-refractivity contribution in [2.75, 3.05) is 17.3 Å². The zero-order chi connectivity index (χ0) is 20.4. The molecule has 0 fully saturated rings. The van der Waals surface area contributed by atoms with Crippen LogP contribution in [0, 0.1) is 6.92 Å². The first-order chi connectivity index (χ1) is 14.0. The summed E-state index contributed by atoms with van der Waals surface area (Å²) in [5, 5.41) is 5.95. The molecule has 3 aromatic rings. The van der Waals surface area contributed by atoms with Crippen LogP contribution >= 0.6 is 0 Å². The van der Waals surface area contributed by atoms with Crippen molar-refractivity contribution in [3.05, 3.63) is 95.1 Å². The van der Waals surface area contributed by atoms with Gasteiger partial charge in [0.2, 0.25) is 0 Å². The van der Waals surface area contributed by atoms with Gasteiger partial charge >= 0.3 is 0 Å². The topological polar surface area (TPSA) is 78.5 Å². The first-order valence-corrected chi connectivity index (χ1v) is 9.21. The van der Waals surface area contributed by atoms with Gasteiger partial charge in [0.15, 0.2) is 0 Å². The van der Waals surface area contributed by atoms with Gasteiger partial charge < -0.3 is 10.6 Å².